The van der Waals surface area contributed by atoms with Crippen molar-refractivity contribution in [2.75, 3.05) is 44.2 Å². The zero-order valence-electron chi connectivity index (χ0n) is 18.8. The van der Waals surface area contributed by atoms with E-state index in [1.54, 1.807) is 11.1 Å². The number of fused-ring (bicyclic) bond motifs is 1. The second-order valence-corrected chi connectivity index (χ2v) is 9.49. The van der Waals surface area contributed by atoms with Crippen LogP contribution in [0, 0.1) is 12.8 Å². The van der Waals surface area contributed by atoms with Crippen LogP contribution in [0.3, 0.4) is 0 Å². The molecule has 0 unspecified atom stereocenters. The number of aromatic nitrogens is 2. The number of imide groups is 1. The number of halogens is 2. The van der Waals surface area contributed by atoms with Crippen molar-refractivity contribution in [3.8, 4) is 0 Å². The van der Waals surface area contributed by atoms with E-state index in [9.17, 15) is 18.4 Å². The lowest BCUT2D eigenvalue weighted by atomic mass is 9.92. The molecule has 0 aromatic carbocycles. The summed E-state index contributed by atoms with van der Waals surface area (Å²) in [5, 5.41) is 6.13. The maximum absolute atomic E-state index is 14.2. The van der Waals surface area contributed by atoms with E-state index >= 15 is 0 Å². The second kappa shape index (κ2) is 8.64. The number of hydrogen-bond acceptors (Lipinski definition) is 5. The van der Waals surface area contributed by atoms with Crippen molar-refractivity contribution >= 4 is 28.7 Å². The van der Waals surface area contributed by atoms with Gasteiger partial charge in [-0.05, 0) is 44.4 Å². The van der Waals surface area contributed by atoms with E-state index in [4.69, 9.17) is 0 Å². The topological polar surface area (TPSA) is 82.5 Å². The monoisotopic (exact) mass is 460 g/mol. The number of rotatable bonds is 4. The molecule has 10 heteroatoms. The Morgan fingerprint density at radius 2 is 1.97 bits per heavy atom. The van der Waals surface area contributed by atoms with Gasteiger partial charge in [0.05, 0.1) is 18.4 Å². The molecule has 0 radical (unpaired) electrons. The summed E-state index contributed by atoms with van der Waals surface area (Å²) in [4.78, 5) is 32.0. The first-order valence-electron chi connectivity index (χ1n) is 11.7. The SMILES string of the molecule is Cc1cn(C2CCN(C[C@@H]3CCNCC3(F)F)CC2)c2ncc(N3CCC(=O)NC3=O)cc12. The van der Waals surface area contributed by atoms with E-state index in [2.05, 4.69) is 31.3 Å². The Hall–Kier alpha value is -2.59. The molecule has 0 bridgehead atoms. The zero-order valence-corrected chi connectivity index (χ0v) is 18.8. The normalized spacial score (nSPS) is 24.9. The van der Waals surface area contributed by atoms with Crippen LogP contribution in [-0.2, 0) is 4.79 Å². The number of urea groups is 1. The van der Waals surface area contributed by atoms with Crippen molar-refractivity contribution in [2.24, 2.45) is 5.92 Å². The van der Waals surface area contributed by atoms with Crippen LogP contribution in [-0.4, -0.2) is 71.6 Å². The minimum atomic E-state index is -2.64. The van der Waals surface area contributed by atoms with Gasteiger partial charge in [-0.2, -0.15) is 0 Å². The summed E-state index contributed by atoms with van der Waals surface area (Å²) in [6.07, 6.45) is 6.35. The van der Waals surface area contributed by atoms with E-state index < -0.39 is 17.9 Å². The molecule has 0 saturated carbocycles. The Bertz CT molecular complexity index is 1060. The van der Waals surface area contributed by atoms with Gasteiger partial charge >= 0.3 is 6.03 Å². The summed E-state index contributed by atoms with van der Waals surface area (Å²) in [5.41, 5.74) is 2.61. The Labute approximate surface area is 191 Å². The quantitative estimate of drug-likeness (QED) is 0.733. The number of anilines is 1. The van der Waals surface area contributed by atoms with Crippen molar-refractivity contribution in [2.45, 2.75) is 44.6 Å². The number of alkyl halides is 2. The molecule has 1 atom stereocenters. The molecular weight excluding hydrogens is 430 g/mol. The Morgan fingerprint density at radius 3 is 2.70 bits per heavy atom. The van der Waals surface area contributed by atoms with E-state index in [0.717, 1.165) is 42.5 Å². The highest BCUT2D eigenvalue weighted by molar-refractivity contribution is 6.06. The molecule has 3 aliphatic rings. The lowest BCUT2D eigenvalue weighted by Gasteiger charge is -2.38. The minimum absolute atomic E-state index is 0.216. The average molecular weight is 461 g/mol. The van der Waals surface area contributed by atoms with Crippen LogP contribution in [0.25, 0.3) is 11.0 Å². The molecule has 2 aromatic rings. The molecule has 8 nitrogen and oxygen atoms in total. The molecule has 3 fully saturated rings. The second-order valence-electron chi connectivity index (χ2n) is 9.49. The number of hydrogen-bond donors (Lipinski definition) is 2. The van der Waals surface area contributed by atoms with Crippen LogP contribution in [0.5, 0.6) is 0 Å². The first-order valence-corrected chi connectivity index (χ1v) is 11.7. The highest BCUT2D eigenvalue weighted by Crippen LogP contribution is 2.34. The van der Waals surface area contributed by atoms with Crippen molar-refractivity contribution in [3.05, 3.63) is 24.0 Å². The fourth-order valence-electron chi connectivity index (χ4n) is 5.32. The van der Waals surface area contributed by atoms with Crippen LogP contribution in [0.1, 0.15) is 37.3 Å². The van der Waals surface area contributed by atoms with Gasteiger partial charge in [0.2, 0.25) is 5.91 Å². The molecule has 33 heavy (non-hydrogen) atoms. The predicted molar refractivity (Wildman–Crippen MR) is 121 cm³/mol. The van der Waals surface area contributed by atoms with Gasteiger partial charge in [-0.3, -0.25) is 15.0 Å². The van der Waals surface area contributed by atoms with Gasteiger partial charge in [0.1, 0.15) is 5.65 Å². The number of nitrogens with one attached hydrogen (secondary N) is 2. The largest absolute Gasteiger partial charge is 0.329 e. The minimum Gasteiger partial charge on any atom is -0.329 e. The zero-order chi connectivity index (χ0) is 23.2. The van der Waals surface area contributed by atoms with Gasteiger partial charge in [-0.25, -0.2) is 18.6 Å². The molecular formula is C23H30F2N6O2. The molecule has 0 spiro atoms. The number of amides is 3. The Morgan fingerprint density at radius 1 is 1.18 bits per heavy atom. The highest BCUT2D eigenvalue weighted by atomic mass is 19.3. The number of carbonyl (C=O) groups is 2. The van der Waals surface area contributed by atoms with E-state index in [1.165, 1.54) is 0 Å². The first kappa shape index (κ1) is 22.2. The molecule has 3 amide bonds. The standard InChI is InChI=1S/C23H30F2N6O2/c1-15-12-31(17-3-7-29(8-4-17)13-16-2-6-26-14-23(16,24)25)21-19(15)10-18(11-27-21)30-9-5-20(32)28-22(30)33/h10-12,16-17,26H,2-9,13-14H2,1H3,(H,28,32,33)/t16-/m0/s1. The molecule has 0 aliphatic carbocycles. The number of piperidine rings is 2. The Balaban J connectivity index is 1.28. The van der Waals surface area contributed by atoms with E-state index in [0.29, 0.717) is 31.7 Å². The van der Waals surface area contributed by atoms with Crippen molar-refractivity contribution in [1.29, 1.82) is 0 Å². The number of likely N-dealkylation sites (tertiary alicyclic amines) is 1. The van der Waals surface area contributed by atoms with Gasteiger partial charge in [0.25, 0.3) is 5.92 Å². The lowest BCUT2D eigenvalue weighted by Crippen LogP contribution is -2.51. The number of carbonyl (C=O) groups excluding carboxylic acids is 2. The Kier molecular flexibility index (Phi) is 5.82. The summed E-state index contributed by atoms with van der Waals surface area (Å²) in [6.45, 7) is 4.85. The van der Waals surface area contributed by atoms with Crippen LogP contribution in [0.15, 0.2) is 18.5 Å². The van der Waals surface area contributed by atoms with Crippen molar-refractivity contribution in [1.82, 2.24) is 25.1 Å². The summed E-state index contributed by atoms with van der Waals surface area (Å²) in [6, 6.07) is 1.80. The molecule has 3 aliphatic heterocycles. The van der Waals surface area contributed by atoms with Crippen LogP contribution < -0.4 is 15.5 Å². The summed E-state index contributed by atoms with van der Waals surface area (Å²) < 4.78 is 30.6. The van der Waals surface area contributed by atoms with E-state index in [1.807, 2.05) is 13.0 Å². The fraction of sp³-hybridized carbons (Fsp3) is 0.609. The third-order valence-electron chi connectivity index (χ3n) is 7.28. The smallest absolute Gasteiger partial charge is 0.328 e. The highest BCUT2D eigenvalue weighted by Gasteiger charge is 2.42. The summed E-state index contributed by atoms with van der Waals surface area (Å²) >= 11 is 0. The fourth-order valence-corrected chi connectivity index (χ4v) is 5.32. The van der Waals surface area contributed by atoms with Crippen molar-refractivity contribution in [3.63, 3.8) is 0 Å². The molecule has 2 N–H and O–H groups in total. The number of pyridine rings is 1. The lowest BCUT2D eigenvalue weighted by molar-refractivity contribution is -0.120. The molecule has 178 valence electrons. The molecule has 5 heterocycles. The maximum Gasteiger partial charge on any atom is 0.328 e. The molecule has 5 rings (SSSR count). The van der Waals surface area contributed by atoms with Gasteiger partial charge in [0.15, 0.2) is 0 Å². The van der Waals surface area contributed by atoms with Crippen LogP contribution >= 0.6 is 0 Å². The third-order valence-corrected chi connectivity index (χ3v) is 7.28. The summed E-state index contributed by atoms with van der Waals surface area (Å²) in [7, 11) is 0. The van der Waals surface area contributed by atoms with Gasteiger partial charge in [-0.1, -0.05) is 0 Å². The van der Waals surface area contributed by atoms with Gasteiger partial charge in [0, 0.05) is 56.1 Å². The number of aryl methyl sites for hydroxylation is 1. The molecule has 2 aromatic heterocycles. The van der Waals surface area contributed by atoms with Crippen LogP contribution in [0.2, 0.25) is 0 Å². The van der Waals surface area contributed by atoms with Crippen molar-refractivity contribution < 1.29 is 18.4 Å². The van der Waals surface area contributed by atoms with Gasteiger partial charge in [-0.15, -0.1) is 0 Å². The number of nitrogens with zero attached hydrogens (tertiary/aromatic N) is 4. The van der Waals surface area contributed by atoms with E-state index in [-0.39, 0.29) is 24.9 Å². The van der Waals surface area contributed by atoms with Crippen LogP contribution in [0.4, 0.5) is 19.3 Å². The average Bonchev–Trinajstić information content (AvgIpc) is 3.11. The summed E-state index contributed by atoms with van der Waals surface area (Å²) in [5.74, 6) is -3.47. The maximum atomic E-state index is 14.2. The van der Waals surface area contributed by atoms with Gasteiger partial charge < -0.3 is 14.8 Å². The first-order chi connectivity index (χ1) is 15.8. The predicted octanol–water partition coefficient (Wildman–Crippen LogP) is 2.67. The third kappa shape index (κ3) is 4.33. The molecule has 3 saturated heterocycles.